The van der Waals surface area contributed by atoms with E-state index >= 15 is 0 Å². The van der Waals surface area contributed by atoms with Gasteiger partial charge in [0.2, 0.25) is 11.8 Å². The molecule has 7 heteroatoms. The first kappa shape index (κ1) is 19.4. The molecule has 1 amide bonds. The maximum Gasteiger partial charge on any atom is 0.277 e. The van der Waals surface area contributed by atoms with Crippen molar-refractivity contribution in [2.45, 2.75) is 68.9 Å². The third-order valence-corrected chi connectivity index (χ3v) is 6.02. The van der Waals surface area contributed by atoms with Crippen molar-refractivity contribution in [2.24, 2.45) is 0 Å². The largest absolute Gasteiger partial charge is 0.411 e. The summed E-state index contributed by atoms with van der Waals surface area (Å²) >= 11 is 1.21. The van der Waals surface area contributed by atoms with E-state index in [1.165, 1.54) is 17.3 Å². The number of aryl methyl sites for hydroxylation is 2. The fraction of sp³-hybridized carbons (Fsp3) is 0.500. The lowest BCUT2D eigenvalue weighted by molar-refractivity contribution is -0.122. The second kappa shape index (κ2) is 8.13. The van der Waals surface area contributed by atoms with Crippen molar-refractivity contribution in [3.63, 3.8) is 0 Å². The number of carbonyl (C=O) groups is 1. The summed E-state index contributed by atoms with van der Waals surface area (Å²) in [6.07, 6.45) is 4.48. The number of thioether (sulfide) groups is 1. The molecule has 1 heterocycles. The van der Waals surface area contributed by atoms with Crippen molar-refractivity contribution in [1.29, 1.82) is 5.26 Å². The molecule has 142 valence electrons. The summed E-state index contributed by atoms with van der Waals surface area (Å²) < 4.78 is 5.72. The fourth-order valence-corrected chi connectivity index (χ4v) is 3.89. The Kier molecular flexibility index (Phi) is 5.85. The lowest BCUT2D eigenvalue weighted by Gasteiger charge is -2.32. The van der Waals surface area contributed by atoms with Gasteiger partial charge in [0.05, 0.1) is 11.3 Å². The SMILES string of the molecule is Cc1ccc(-c2nnc(S[C@@H](C)C(=O)NC3(C#N)CCCCC3)o2)cc1C. The van der Waals surface area contributed by atoms with Crippen LogP contribution in [0.2, 0.25) is 0 Å². The van der Waals surface area contributed by atoms with Gasteiger partial charge in [0.1, 0.15) is 5.54 Å². The minimum Gasteiger partial charge on any atom is -0.411 e. The molecule has 0 saturated heterocycles. The number of nitrogens with one attached hydrogen (secondary N) is 1. The second-order valence-corrected chi connectivity index (χ2v) is 8.47. The molecule has 0 bridgehead atoms. The molecule has 1 aliphatic rings. The van der Waals surface area contributed by atoms with Gasteiger partial charge in [-0.25, -0.2) is 0 Å². The Morgan fingerprint density at radius 1 is 1.26 bits per heavy atom. The van der Waals surface area contributed by atoms with Crippen LogP contribution in [-0.2, 0) is 4.79 Å². The molecule has 1 fully saturated rings. The smallest absolute Gasteiger partial charge is 0.277 e. The van der Waals surface area contributed by atoms with E-state index in [4.69, 9.17) is 4.42 Å². The number of nitriles is 1. The zero-order valence-electron chi connectivity index (χ0n) is 15.9. The average Bonchev–Trinajstić information content (AvgIpc) is 3.13. The van der Waals surface area contributed by atoms with Gasteiger partial charge < -0.3 is 9.73 Å². The minimum absolute atomic E-state index is 0.172. The Morgan fingerprint density at radius 2 is 2.00 bits per heavy atom. The highest BCUT2D eigenvalue weighted by atomic mass is 32.2. The fourth-order valence-electron chi connectivity index (χ4n) is 3.21. The Hall–Kier alpha value is -2.33. The molecular weight excluding hydrogens is 360 g/mol. The van der Waals surface area contributed by atoms with Gasteiger partial charge >= 0.3 is 0 Å². The molecule has 3 rings (SSSR count). The van der Waals surface area contributed by atoms with Gasteiger partial charge in [-0.2, -0.15) is 5.26 Å². The van der Waals surface area contributed by atoms with Crippen LogP contribution in [0.25, 0.3) is 11.5 Å². The topological polar surface area (TPSA) is 91.8 Å². The molecule has 1 N–H and O–H groups in total. The molecular formula is C20H24N4O2S. The Balaban J connectivity index is 1.65. The Labute approximate surface area is 163 Å². The van der Waals surface area contributed by atoms with Crippen LogP contribution in [-0.4, -0.2) is 26.9 Å². The molecule has 0 unspecified atom stereocenters. The van der Waals surface area contributed by atoms with Crippen molar-refractivity contribution in [3.05, 3.63) is 29.3 Å². The van der Waals surface area contributed by atoms with Crippen molar-refractivity contribution >= 4 is 17.7 Å². The van der Waals surface area contributed by atoms with E-state index in [9.17, 15) is 10.1 Å². The molecule has 6 nitrogen and oxygen atoms in total. The van der Waals surface area contributed by atoms with Crippen molar-refractivity contribution in [3.8, 4) is 17.5 Å². The molecule has 0 spiro atoms. The minimum atomic E-state index is -0.733. The molecule has 1 aromatic carbocycles. The first-order chi connectivity index (χ1) is 12.9. The maximum atomic E-state index is 12.6. The Morgan fingerprint density at radius 3 is 2.67 bits per heavy atom. The molecule has 0 radical (unpaired) electrons. The Bertz CT molecular complexity index is 865. The van der Waals surface area contributed by atoms with Crippen molar-refractivity contribution in [2.75, 3.05) is 0 Å². The van der Waals surface area contributed by atoms with Gasteiger partial charge in [0.15, 0.2) is 0 Å². The highest BCUT2D eigenvalue weighted by Crippen LogP contribution is 2.30. The van der Waals surface area contributed by atoms with Crippen LogP contribution in [0.4, 0.5) is 0 Å². The quantitative estimate of drug-likeness (QED) is 0.778. The first-order valence-corrected chi connectivity index (χ1v) is 10.1. The van der Waals surface area contributed by atoms with Crippen molar-refractivity contribution < 1.29 is 9.21 Å². The van der Waals surface area contributed by atoms with Gasteiger partial charge in [-0.3, -0.25) is 4.79 Å². The summed E-state index contributed by atoms with van der Waals surface area (Å²) in [5.74, 6) is 0.267. The number of aromatic nitrogens is 2. The van der Waals surface area contributed by atoms with E-state index in [1.54, 1.807) is 6.92 Å². The van der Waals surface area contributed by atoms with E-state index in [2.05, 4.69) is 28.5 Å². The van der Waals surface area contributed by atoms with Crippen LogP contribution in [0.5, 0.6) is 0 Å². The van der Waals surface area contributed by atoms with E-state index in [0.29, 0.717) is 24.0 Å². The van der Waals surface area contributed by atoms with Gasteiger partial charge in [-0.1, -0.05) is 37.1 Å². The van der Waals surface area contributed by atoms with Crippen LogP contribution in [0, 0.1) is 25.2 Å². The molecule has 2 aromatic rings. The summed E-state index contributed by atoms with van der Waals surface area (Å²) in [5, 5.41) is 20.5. The summed E-state index contributed by atoms with van der Waals surface area (Å²) in [4.78, 5) is 12.6. The third kappa shape index (κ3) is 4.51. The van der Waals surface area contributed by atoms with Crippen LogP contribution >= 0.6 is 11.8 Å². The monoisotopic (exact) mass is 384 g/mol. The van der Waals surface area contributed by atoms with Gasteiger partial charge in [-0.05, 0) is 56.9 Å². The zero-order valence-corrected chi connectivity index (χ0v) is 16.7. The van der Waals surface area contributed by atoms with Crippen LogP contribution in [0.15, 0.2) is 27.8 Å². The predicted molar refractivity (Wildman–Crippen MR) is 104 cm³/mol. The molecule has 0 aliphatic heterocycles. The maximum absolute atomic E-state index is 12.6. The highest BCUT2D eigenvalue weighted by Gasteiger charge is 2.35. The number of rotatable bonds is 5. The summed E-state index contributed by atoms with van der Waals surface area (Å²) in [5.41, 5.74) is 2.48. The molecule has 1 aliphatic carbocycles. The second-order valence-electron chi connectivity index (χ2n) is 7.18. The third-order valence-electron chi connectivity index (χ3n) is 5.09. The first-order valence-electron chi connectivity index (χ1n) is 9.23. The number of hydrogen-bond donors (Lipinski definition) is 1. The lowest BCUT2D eigenvalue weighted by Crippen LogP contribution is -2.50. The van der Waals surface area contributed by atoms with Gasteiger partial charge in [-0.15, -0.1) is 10.2 Å². The van der Waals surface area contributed by atoms with E-state index in [1.807, 2.05) is 25.1 Å². The molecule has 1 aromatic heterocycles. The number of nitrogens with zero attached hydrogens (tertiary/aromatic N) is 3. The number of carbonyl (C=O) groups excluding carboxylic acids is 1. The van der Waals surface area contributed by atoms with Crippen molar-refractivity contribution in [1.82, 2.24) is 15.5 Å². The number of amides is 1. The molecule has 1 atom stereocenters. The standard InChI is InChI=1S/C20H24N4O2S/c1-13-7-8-16(11-14(13)2)18-23-24-19(26-18)27-15(3)17(25)22-20(12-21)9-5-4-6-10-20/h7-8,11,15H,4-6,9-10H2,1-3H3,(H,22,25)/t15-/m0/s1. The molecule has 27 heavy (non-hydrogen) atoms. The van der Waals surface area contributed by atoms with E-state index in [0.717, 1.165) is 30.4 Å². The van der Waals surface area contributed by atoms with Crippen LogP contribution in [0.1, 0.15) is 50.2 Å². The van der Waals surface area contributed by atoms with E-state index < -0.39 is 10.8 Å². The average molecular weight is 385 g/mol. The van der Waals surface area contributed by atoms with Crippen LogP contribution in [0.3, 0.4) is 0 Å². The lowest BCUT2D eigenvalue weighted by atomic mass is 9.83. The molecule has 1 saturated carbocycles. The number of hydrogen-bond acceptors (Lipinski definition) is 6. The highest BCUT2D eigenvalue weighted by molar-refractivity contribution is 8.00. The zero-order chi connectivity index (χ0) is 19.4. The van der Waals surface area contributed by atoms with Crippen LogP contribution < -0.4 is 5.32 Å². The summed E-state index contributed by atoms with van der Waals surface area (Å²) in [6.45, 7) is 5.87. The number of benzene rings is 1. The predicted octanol–water partition coefficient (Wildman–Crippen LogP) is 4.18. The van der Waals surface area contributed by atoms with Gasteiger partial charge in [0.25, 0.3) is 5.22 Å². The normalized spacial score (nSPS) is 17.1. The van der Waals surface area contributed by atoms with E-state index in [-0.39, 0.29) is 5.91 Å². The summed E-state index contributed by atoms with van der Waals surface area (Å²) in [6, 6.07) is 8.28. The summed E-state index contributed by atoms with van der Waals surface area (Å²) in [7, 11) is 0. The van der Waals surface area contributed by atoms with Gasteiger partial charge in [0, 0.05) is 5.56 Å².